The lowest BCUT2D eigenvalue weighted by molar-refractivity contribution is 0.0939. The molecule has 0 aliphatic rings. The van der Waals surface area contributed by atoms with Gasteiger partial charge in [0.05, 0.1) is 10.9 Å². The number of carbonyl (C=O) groups is 1. The number of hydrogen-bond acceptors (Lipinski definition) is 3. The van der Waals surface area contributed by atoms with Gasteiger partial charge in [-0.25, -0.2) is 17.5 Å². The Morgan fingerprint density at radius 2 is 1.83 bits per heavy atom. The molecule has 1 amide bonds. The molecule has 0 saturated carbocycles. The standard InChI is InChI=1S/C17H19FN2O3S/c1-3-19-24(22,23)16-6-4-5-14(11-16)17(21)20-12(2)13-7-9-15(18)10-8-13/h4-12,19H,3H2,1-2H3,(H,20,21). The largest absolute Gasteiger partial charge is 0.346 e. The molecule has 0 heterocycles. The molecule has 0 radical (unpaired) electrons. The molecule has 0 saturated heterocycles. The molecule has 2 aromatic carbocycles. The van der Waals surface area contributed by atoms with Crippen LogP contribution in [0.15, 0.2) is 53.4 Å². The SMILES string of the molecule is CCNS(=O)(=O)c1cccc(C(=O)NC(C)c2ccc(F)cc2)c1. The fourth-order valence-corrected chi connectivity index (χ4v) is 3.28. The van der Waals surface area contributed by atoms with Crippen LogP contribution < -0.4 is 10.0 Å². The van der Waals surface area contributed by atoms with Gasteiger partial charge in [0.1, 0.15) is 5.82 Å². The van der Waals surface area contributed by atoms with Crippen LogP contribution in [0.25, 0.3) is 0 Å². The highest BCUT2D eigenvalue weighted by molar-refractivity contribution is 7.89. The molecule has 24 heavy (non-hydrogen) atoms. The summed E-state index contributed by atoms with van der Waals surface area (Å²) in [6.07, 6.45) is 0. The number of sulfonamides is 1. The fraction of sp³-hybridized carbons (Fsp3) is 0.235. The third-order valence-electron chi connectivity index (χ3n) is 3.46. The highest BCUT2D eigenvalue weighted by Crippen LogP contribution is 2.15. The zero-order valence-electron chi connectivity index (χ0n) is 13.4. The van der Waals surface area contributed by atoms with Crippen molar-refractivity contribution in [2.45, 2.75) is 24.8 Å². The number of halogens is 1. The highest BCUT2D eigenvalue weighted by atomic mass is 32.2. The van der Waals surface area contributed by atoms with E-state index < -0.39 is 15.9 Å². The van der Waals surface area contributed by atoms with E-state index in [4.69, 9.17) is 0 Å². The van der Waals surface area contributed by atoms with Crippen molar-refractivity contribution in [2.24, 2.45) is 0 Å². The Labute approximate surface area is 141 Å². The average molecular weight is 350 g/mol. The Hall–Kier alpha value is -2.25. The second-order valence-electron chi connectivity index (χ2n) is 5.28. The van der Waals surface area contributed by atoms with E-state index in [-0.39, 0.29) is 28.9 Å². The third-order valence-corrected chi connectivity index (χ3v) is 5.00. The van der Waals surface area contributed by atoms with E-state index in [1.54, 1.807) is 26.0 Å². The predicted octanol–water partition coefficient (Wildman–Crippen LogP) is 2.61. The summed E-state index contributed by atoms with van der Waals surface area (Å²) in [6, 6.07) is 11.3. The van der Waals surface area contributed by atoms with Crippen LogP contribution in [0, 0.1) is 5.82 Å². The van der Waals surface area contributed by atoms with Crippen LogP contribution in [-0.2, 0) is 10.0 Å². The molecular weight excluding hydrogens is 331 g/mol. The van der Waals surface area contributed by atoms with Crippen LogP contribution in [-0.4, -0.2) is 20.9 Å². The van der Waals surface area contributed by atoms with Crippen molar-refractivity contribution in [2.75, 3.05) is 6.54 Å². The Bertz CT molecular complexity index is 820. The van der Waals surface area contributed by atoms with E-state index >= 15 is 0 Å². The third kappa shape index (κ3) is 4.39. The van der Waals surface area contributed by atoms with Crippen molar-refractivity contribution < 1.29 is 17.6 Å². The maximum atomic E-state index is 12.9. The van der Waals surface area contributed by atoms with Crippen molar-refractivity contribution in [1.29, 1.82) is 0 Å². The maximum Gasteiger partial charge on any atom is 0.251 e. The van der Waals surface area contributed by atoms with Gasteiger partial charge in [0.2, 0.25) is 10.0 Å². The Morgan fingerprint density at radius 1 is 1.17 bits per heavy atom. The number of rotatable bonds is 6. The minimum Gasteiger partial charge on any atom is -0.346 e. The lowest BCUT2D eigenvalue weighted by atomic mass is 10.1. The van der Waals surface area contributed by atoms with Gasteiger partial charge in [-0.15, -0.1) is 0 Å². The van der Waals surface area contributed by atoms with E-state index in [0.29, 0.717) is 0 Å². The molecule has 2 rings (SSSR count). The topological polar surface area (TPSA) is 75.3 Å². The lowest BCUT2D eigenvalue weighted by Gasteiger charge is -2.15. The summed E-state index contributed by atoms with van der Waals surface area (Å²) < 4.78 is 39.3. The molecule has 0 aromatic heterocycles. The van der Waals surface area contributed by atoms with Gasteiger partial charge >= 0.3 is 0 Å². The maximum absolute atomic E-state index is 12.9. The monoisotopic (exact) mass is 350 g/mol. The van der Waals surface area contributed by atoms with Crippen LogP contribution in [0.4, 0.5) is 4.39 Å². The Morgan fingerprint density at radius 3 is 2.46 bits per heavy atom. The molecule has 0 fully saturated rings. The molecule has 0 aliphatic carbocycles. The summed E-state index contributed by atoms with van der Waals surface area (Å²) in [4.78, 5) is 12.4. The first-order chi connectivity index (χ1) is 11.3. The van der Waals surface area contributed by atoms with E-state index in [0.717, 1.165) is 5.56 Å². The van der Waals surface area contributed by atoms with Crippen molar-refractivity contribution in [1.82, 2.24) is 10.0 Å². The van der Waals surface area contributed by atoms with Crippen molar-refractivity contribution >= 4 is 15.9 Å². The van der Waals surface area contributed by atoms with Gasteiger partial charge in [-0.3, -0.25) is 4.79 Å². The minimum absolute atomic E-state index is 0.0337. The van der Waals surface area contributed by atoms with Crippen molar-refractivity contribution in [3.63, 3.8) is 0 Å². The van der Waals surface area contributed by atoms with Crippen molar-refractivity contribution in [3.05, 3.63) is 65.5 Å². The van der Waals surface area contributed by atoms with Crippen LogP contribution in [0.3, 0.4) is 0 Å². The van der Waals surface area contributed by atoms with Gasteiger partial charge in [-0.1, -0.05) is 25.1 Å². The van der Waals surface area contributed by atoms with Crippen molar-refractivity contribution in [3.8, 4) is 0 Å². The van der Waals surface area contributed by atoms with Gasteiger partial charge in [-0.05, 0) is 42.8 Å². The first-order valence-electron chi connectivity index (χ1n) is 7.49. The smallest absolute Gasteiger partial charge is 0.251 e. The molecule has 2 N–H and O–H groups in total. The molecule has 128 valence electrons. The fourth-order valence-electron chi connectivity index (χ4n) is 2.19. The molecule has 1 unspecified atom stereocenters. The zero-order valence-corrected chi connectivity index (χ0v) is 14.2. The van der Waals surface area contributed by atoms with Gasteiger partial charge in [-0.2, -0.15) is 0 Å². The average Bonchev–Trinajstić information content (AvgIpc) is 2.55. The summed E-state index contributed by atoms with van der Waals surface area (Å²) in [5, 5.41) is 2.77. The zero-order chi connectivity index (χ0) is 17.7. The van der Waals surface area contributed by atoms with E-state index in [1.807, 2.05) is 0 Å². The van der Waals surface area contributed by atoms with Gasteiger partial charge in [0.15, 0.2) is 0 Å². The number of carbonyl (C=O) groups excluding carboxylic acids is 1. The summed E-state index contributed by atoms with van der Waals surface area (Å²) >= 11 is 0. The number of benzene rings is 2. The first-order valence-corrected chi connectivity index (χ1v) is 8.98. The summed E-state index contributed by atoms with van der Waals surface area (Å²) in [5.41, 5.74) is 0.990. The second kappa shape index (κ2) is 7.55. The number of amides is 1. The highest BCUT2D eigenvalue weighted by Gasteiger charge is 2.16. The Balaban J connectivity index is 2.17. The quantitative estimate of drug-likeness (QED) is 0.841. The summed E-state index contributed by atoms with van der Waals surface area (Å²) in [6.45, 7) is 3.71. The second-order valence-corrected chi connectivity index (χ2v) is 7.04. The summed E-state index contributed by atoms with van der Waals surface area (Å²) in [5.74, 6) is -0.751. The molecule has 7 heteroatoms. The molecule has 0 bridgehead atoms. The first kappa shape index (κ1) is 18.1. The predicted molar refractivity (Wildman–Crippen MR) is 89.6 cm³/mol. The normalized spacial score (nSPS) is 12.6. The van der Waals surface area contributed by atoms with Crippen LogP contribution in [0.5, 0.6) is 0 Å². The van der Waals surface area contributed by atoms with E-state index in [1.165, 1.54) is 36.4 Å². The van der Waals surface area contributed by atoms with Crippen LogP contribution in [0.1, 0.15) is 35.8 Å². The summed E-state index contributed by atoms with van der Waals surface area (Å²) in [7, 11) is -3.62. The number of nitrogens with one attached hydrogen (secondary N) is 2. The molecule has 0 spiro atoms. The number of hydrogen-bond donors (Lipinski definition) is 2. The van der Waals surface area contributed by atoms with Gasteiger partial charge < -0.3 is 5.32 Å². The van der Waals surface area contributed by atoms with Gasteiger partial charge in [0.25, 0.3) is 5.91 Å². The van der Waals surface area contributed by atoms with Crippen LogP contribution in [0.2, 0.25) is 0 Å². The van der Waals surface area contributed by atoms with E-state index in [2.05, 4.69) is 10.0 Å². The molecular formula is C17H19FN2O3S. The minimum atomic E-state index is -3.62. The van der Waals surface area contributed by atoms with Crippen LogP contribution >= 0.6 is 0 Å². The van der Waals surface area contributed by atoms with Gasteiger partial charge in [0, 0.05) is 12.1 Å². The molecule has 0 aliphatic heterocycles. The Kier molecular flexibility index (Phi) is 5.69. The lowest BCUT2D eigenvalue weighted by Crippen LogP contribution is -2.27. The molecule has 5 nitrogen and oxygen atoms in total. The molecule has 2 aromatic rings. The van der Waals surface area contributed by atoms with E-state index in [9.17, 15) is 17.6 Å². The molecule has 1 atom stereocenters.